The molecule has 2 aliphatic rings. The summed E-state index contributed by atoms with van der Waals surface area (Å²) in [4.78, 5) is 22.2. The lowest BCUT2D eigenvalue weighted by molar-refractivity contribution is -0.274. The van der Waals surface area contributed by atoms with Crippen molar-refractivity contribution in [3.8, 4) is 22.8 Å². The van der Waals surface area contributed by atoms with Gasteiger partial charge in [-0.1, -0.05) is 29.8 Å². The van der Waals surface area contributed by atoms with E-state index in [1.54, 1.807) is 6.92 Å². The summed E-state index contributed by atoms with van der Waals surface area (Å²) in [5.74, 6) is -1.42. The van der Waals surface area contributed by atoms with E-state index in [-0.39, 0.29) is 45.9 Å². The SMILES string of the molecule is CCOC(=O)[C@@H]1CC2(CCN(c3cc(O[C@H](c4ccc(Cl)cc4-c4cccc(OC(F)(F)F)c4)C(F)(F)F)nc(N)n3)CC2)CN1. The molecule has 3 aromatic rings. The molecule has 0 amide bonds. The lowest BCUT2D eigenvalue weighted by atomic mass is 9.76. The number of ether oxygens (including phenoxy) is 3. The Labute approximate surface area is 265 Å². The van der Waals surface area contributed by atoms with E-state index in [1.165, 1.54) is 30.3 Å². The highest BCUT2D eigenvalue weighted by Gasteiger charge is 2.46. The molecule has 1 spiro atoms. The summed E-state index contributed by atoms with van der Waals surface area (Å²) in [5.41, 5.74) is 5.19. The molecule has 2 aliphatic heterocycles. The summed E-state index contributed by atoms with van der Waals surface area (Å²) < 4.78 is 96.8. The molecule has 0 saturated carbocycles. The van der Waals surface area contributed by atoms with Gasteiger partial charge in [0.1, 0.15) is 17.6 Å². The van der Waals surface area contributed by atoms with Crippen LogP contribution in [0.5, 0.6) is 11.6 Å². The van der Waals surface area contributed by atoms with Gasteiger partial charge in [0.15, 0.2) is 0 Å². The maximum Gasteiger partial charge on any atom is 0.573 e. The van der Waals surface area contributed by atoms with E-state index in [2.05, 4.69) is 20.0 Å². The van der Waals surface area contributed by atoms with E-state index in [4.69, 9.17) is 26.8 Å². The topological polar surface area (TPSA) is 112 Å². The molecule has 9 nitrogen and oxygen atoms in total. The minimum atomic E-state index is -5.01. The third-order valence-corrected chi connectivity index (χ3v) is 8.23. The van der Waals surface area contributed by atoms with Crippen LogP contribution in [0.4, 0.5) is 38.1 Å². The predicted octanol–water partition coefficient (Wildman–Crippen LogP) is 6.47. The van der Waals surface area contributed by atoms with E-state index >= 15 is 0 Å². The second-order valence-corrected chi connectivity index (χ2v) is 11.6. The van der Waals surface area contributed by atoms with Crippen molar-refractivity contribution in [2.24, 2.45) is 5.41 Å². The largest absolute Gasteiger partial charge is 0.573 e. The van der Waals surface area contributed by atoms with Gasteiger partial charge in [0, 0.05) is 36.3 Å². The van der Waals surface area contributed by atoms with Gasteiger partial charge in [-0.05, 0) is 67.0 Å². The highest BCUT2D eigenvalue weighted by atomic mass is 35.5. The Morgan fingerprint density at radius 1 is 1.11 bits per heavy atom. The van der Waals surface area contributed by atoms with Crippen molar-refractivity contribution in [2.45, 2.75) is 50.9 Å². The van der Waals surface area contributed by atoms with Crippen molar-refractivity contribution in [3.63, 3.8) is 0 Å². The Morgan fingerprint density at radius 2 is 1.85 bits per heavy atom. The van der Waals surface area contributed by atoms with Crippen molar-refractivity contribution in [3.05, 3.63) is 59.1 Å². The average molecular weight is 674 g/mol. The van der Waals surface area contributed by atoms with E-state index < -0.39 is 41.9 Å². The molecule has 0 bridgehead atoms. The zero-order chi connectivity index (χ0) is 33.3. The molecule has 0 unspecified atom stereocenters. The Bertz CT molecular complexity index is 1570. The number of carbonyl (C=O) groups excluding carboxylic acids is 1. The summed E-state index contributed by atoms with van der Waals surface area (Å²) in [5, 5.41) is 3.27. The average Bonchev–Trinajstić information content (AvgIpc) is 3.38. The molecule has 2 atom stereocenters. The number of nitrogens with one attached hydrogen (secondary N) is 1. The summed E-state index contributed by atoms with van der Waals surface area (Å²) in [7, 11) is 0. The van der Waals surface area contributed by atoms with Gasteiger partial charge in [-0.3, -0.25) is 4.79 Å². The first kappa shape index (κ1) is 33.4. The fourth-order valence-corrected chi connectivity index (χ4v) is 6.04. The van der Waals surface area contributed by atoms with Crippen molar-refractivity contribution >= 4 is 29.3 Å². The van der Waals surface area contributed by atoms with Gasteiger partial charge in [-0.2, -0.15) is 23.1 Å². The number of nitrogen functional groups attached to an aromatic ring is 1. The summed E-state index contributed by atoms with van der Waals surface area (Å²) in [6.07, 6.45) is -10.6. The lowest BCUT2D eigenvalue weighted by Gasteiger charge is -2.39. The van der Waals surface area contributed by atoms with Crippen LogP contribution in [0.2, 0.25) is 5.02 Å². The van der Waals surface area contributed by atoms with Gasteiger partial charge in [0.25, 0.3) is 0 Å². The molecule has 2 saturated heterocycles. The van der Waals surface area contributed by atoms with E-state index in [0.29, 0.717) is 38.9 Å². The number of nitrogens with two attached hydrogens (primary N) is 1. The van der Waals surface area contributed by atoms with Gasteiger partial charge in [-0.15, -0.1) is 13.2 Å². The first-order valence-electron chi connectivity index (χ1n) is 14.3. The van der Waals surface area contributed by atoms with Crippen molar-refractivity contribution in [1.29, 1.82) is 0 Å². The molecule has 46 heavy (non-hydrogen) atoms. The number of halogens is 7. The van der Waals surface area contributed by atoms with Crippen molar-refractivity contribution in [2.75, 3.05) is 36.9 Å². The number of nitrogens with zero attached hydrogens (tertiary/aromatic N) is 3. The maximum atomic E-state index is 14.6. The minimum absolute atomic E-state index is 0.0196. The molecule has 3 heterocycles. The Morgan fingerprint density at radius 3 is 2.52 bits per heavy atom. The number of aromatic nitrogens is 2. The molecular formula is C30H30ClF6N5O4. The zero-order valence-electron chi connectivity index (χ0n) is 24.4. The van der Waals surface area contributed by atoms with Crippen LogP contribution in [-0.4, -0.2) is 60.8 Å². The number of carbonyl (C=O) groups is 1. The van der Waals surface area contributed by atoms with Gasteiger partial charge >= 0.3 is 18.5 Å². The monoisotopic (exact) mass is 673 g/mol. The first-order valence-corrected chi connectivity index (χ1v) is 14.7. The van der Waals surface area contributed by atoms with Crippen LogP contribution >= 0.6 is 11.6 Å². The van der Waals surface area contributed by atoms with Gasteiger partial charge < -0.3 is 30.2 Å². The van der Waals surface area contributed by atoms with E-state index in [9.17, 15) is 31.1 Å². The number of rotatable bonds is 8. The normalized spacial score (nSPS) is 18.8. The number of esters is 1. The molecule has 1 aromatic heterocycles. The summed E-state index contributed by atoms with van der Waals surface area (Å²) >= 11 is 6.10. The van der Waals surface area contributed by atoms with Crippen LogP contribution in [0.25, 0.3) is 11.1 Å². The standard InChI is InChI=1S/C30H30ClF6N5O4/c1-2-44-26(43)22-15-28(16-39-22)8-10-42(11-9-28)23-14-24(41-27(38)40-23)45-25(29(32,33)34)20-7-6-18(31)13-21(20)17-4-3-5-19(12-17)46-30(35,36)37/h3-7,12-14,22,25,39H,2,8-11,15-16H2,1H3,(H2,38,40,41)/t22-,25+/m0/s1. The third-order valence-electron chi connectivity index (χ3n) is 8.00. The quantitative estimate of drug-likeness (QED) is 0.205. The second kappa shape index (κ2) is 13.0. The number of hydrogen-bond acceptors (Lipinski definition) is 9. The smallest absolute Gasteiger partial charge is 0.465 e. The summed E-state index contributed by atoms with van der Waals surface area (Å²) in [6, 6.07) is 8.87. The number of benzene rings is 2. The Balaban J connectivity index is 1.39. The van der Waals surface area contributed by atoms with Gasteiger partial charge in [0.05, 0.1) is 6.61 Å². The van der Waals surface area contributed by atoms with Gasteiger partial charge in [-0.25, -0.2) is 0 Å². The summed E-state index contributed by atoms with van der Waals surface area (Å²) in [6.45, 7) is 3.65. The van der Waals surface area contributed by atoms with E-state index in [0.717, 1.165) is 18.2 Å². The molecule has 0 radical (unpaired) electrons. The fraction of sp³-hybridized carbons (Fsp3) is 0.433. The Hall–Kier alpha value is -3.98. The molecule has 16 heteroatoms. The van der Waals surface area contributed by atoms with Crippen LogP contribution in [0.3, 0.4) is 0 Å². The number of anilines is 2. The van der Waals surface area contributed by atoms with Gasteiger partial charge in [0.2, 0.25) is 17.9 Å². The third kappa shape index (κ3) is 7.86. The molecule has 3 N–H and O–H groups in total. The highest BCUT2D eigenvalue weighted by molar-refractivity contribution is 6.30. The molecule has 5 rings (SSSR count). The molecule has 0 aliphatic carbocycles. The number of hydrogen-bond donors (Lipinski definition) is 2. The second-order valence-electron chi connectivity index (χ2n) is 11.1. The molecule has 2 aromatic carbocycles. The number of alkyl halides is 6. The molecule has 2 fully saturated rings. The first-order chi connectivity index (χ1) is 21.6. The van der Waals surface area contributed by atoms with Crippen LogP contribution in [0.1, 0.15) is 37.9 Å². The van der Waals surface area contributed by atoms with E-state index in [1.807, 2.05) is 4.90 Å². The van der Waals surface area contributed by atoms with Crippen LogP contribution in [-0.2, 0) is 9.53 Å². The van der Waals surface area contributed by atoms with Crippen LogP contribution < -0.4 is 25.4 Å². The van der Waals surface area contributed by atoms with Crippen LogP contribution in [0, 0.1) is 5.41 Å². The predicted molar refractivity (Wildman–Crippen MR) is 156 cm³/mol. The molecule has 248 valence electrons. The Kier molecular flexibility index (Phi) is 9.45. The highest BCUT2D eigenvalue weighted by Crippen LogP contribution is 2.44. The lowest BCUT2D eigenvalue weighted by Crippen LogP contribution is -2.41. The van der Waals surface area contributed by atoms with Crippen molar-refractivity contribution in [1.82, 2.24) is 15.3 Å². The zero-order valence-corrected chi connectivity index (χ0v) is 25.2. The molecular weight excluding hydrogens is 644 g/mol. The van der Waals surface area contributed by atoms with Crippen molar-refractivity contribution < 1.29 is 45.3 Å². The minimum Gasteiger partial charge on any atom is -0.465 e. The fourth-order valence-electron chi connectivity index (χ4n) is 5.87. The maximum absolute atomic E-state index is 14.6. The number of piperidine rings is 1. The van der Waals surface area contributed by atoms with Crippen LogP contribution in [0.15, 0.2) is 48.5 Å².